The van der Waals surface area contributed by atoms with E-state index in [0.29, 0.717) is 0 Å². The molecule has 1 nitrogen and oxygen atoms in total. The first kappa shape index (κ1) is 11.0. The lowest BCUT2D eigenvalue weighted by atomic mass is 9.73. The standard InChI is InChI=1S/C12H25N/c1-9(2)5-6-13-12-7-11(8-12)10(3)4/h9-13H,5-8H2,1-4H3. The van der Waals surface area contributed by atoms with Crippen molar-refractivity contribution in [2.45, 2.75) is 53.0 Å². The maximum atomic E-state index is 3.64. The molecule has 0 unspecified atom stereocenters. The van der Waals surface area contributed by atoms with Crippen LogP contribution in [0.4, 0.5) is 0 Å². The second kappa shape index (κ2) is 4.99. The van der Waals surface area contributed by atoms with Gasteiger partial charge in [-0.1, -0.05) is 27.7 Å². The van der Waals surface area contributed by atoms with Crippen LogP contribution in [0.1, 0.15) is 47.0 Å². The molecule has 1 N–H and O–H groups in total. The van der Waals surface area contributed by atoms with Crippen molar-refractivity contribution in [3.8, 4) is 0 Å². The normalized spacial score (nSPS) is 28.2. The lowest BCUT2D eigenvalue weighted by Crippen LogP contribution is -2.43. The molecule has 0 spiro atoms. The Morgan fingerprint density at radius 2 is 1.77 bits per heavy atom. The Morgan fingerprint density at radius 1 is 1.15 bits per heavy atom. The molecule has 0 aromatic carbocycles. The number of rotatable bonds is 5. The molecule has 0 aromatic rings. The van der Waals surface area contributed by atoms with Crippen LogP contribution in [0.15, 0.2) is 0 Å². The molecule has 1 rings (SSSR count). The summed E-state index contributed by atoms with van der Waals surface area (Å²) in [5.41, 5.74) is 0. The molecular weight excluding hydrogens is 158 g/mol. The largest absolute Gasteiger partial charge is 0.314 e. The Morgan fingerprint density at radius 3 is 2.23 bits per heavy atom. The molecule has 1 fully saturated rings. The van der Waals surface area contributed by atoms with Crippen molar-refractivity contribution in [3.63, 3.8) is 0 Å². The van der Waals surface area contributed by atoms with E-state index in [4.69, 9.17) is 0 Å². The molecule has 1 aliphatic carbocycles. The lowest BCUT2D eigenvalue weighted by molar-refractivity contribution is 0.167. The van der Waals surface area contributed by atoms with Crippen molar-refractivity contribution in [2.75, 3.05) is 6.54 Å². The highest BCUT2D eigenvalue weighted by molar-refractivity contribution is 4.86. The molecule has 0 atom stereocenters. The van der Waals surface area contributed by atoms with Crippen molar-refractivity contribution < 1.29 is 0 Å². The molecule has 0 aromatic heterocycles. The molecule has 0 amide bonds. The third-order valence-corrected chi connectivity index (χ3v) is 3.27. The van der Waals surface area contributed by atoms with Crippen LogP contribution in [0.25, 0.3) is 0 Å². The molecule has 0 aliphatic heterocycles. The predicted molar refractivity (Wildman–Crippen MR) is 58.8 cm³/mol. The van der Waals surface area contributed by atoms with Crippen LogP contribution in [0.3, 0.4) is 0 Å². The van der Waals surface area contributed by atoms with E-state index in [1.165, 1.54) is 25.8 Å². The fourth-order valence-electron chi connectivity index (χ4n) is 1.95. The van der Waals surface area contributed by atoms with Crippen LogP contribution in [0, 0.1) is 17.8 Å². The maximum absolute atomic E-state index is 3.64. The molecule has 1 aliphatic rings. The summed E-state index contributed by atoms with van der Waals surface area (Å²) in [4.78, 5) is 0. The van der Waals surface area contributed by atoms with Gasteiger partial charge in [-0.2, -0.15) is 0 Å². The van der Waals surface area contributed by atoms with Crippen LogP contribution in [-0.2, 0) is 0 Å². The highest BCUT2D eigenvalue weighted by Gasteiger charge is 2.30. The zero-order chi connectivity index (χ0) is 9.84. The summed E-state index contributed by atoms with van der Waals surface area (Å²) in [6, 6.07) is 0.839. The van der Waals surface area contributed by atoms with E-state index in [9.17, 15) is 0 Å². The van der Waals surface area contributed by atoms with Crippen LogP contribution in [0.2, 0.25) is 0 Å². The van der Waals surface area contributed by atoms with Gasteiger partial charge in [0.1, 0.15) is 0 Å². The molecule has 0 heterocycles. The van der Waals surface area contributed by atoms with Gasteiger partial charge in [0, 0.05) is 6.04 Å². The minimum absolute atomic E-state index is 0.839. The Kier molecular flexibility index (Phi) is 4.24. The quantitative estimate of drug-likeness (QED) is 0.691. The fraction of sp³-hybridized carbons (Fsp3) is 1.00. The van der Waals surface area contributed by atoms with Crippen LogP contribution >= 0.6 is 0 Å². The molecule has 0 saturated heterocycles. The predicted octanol–water partition coefficient (Wildman–Crippen LogP) is 3.06. The summed E-state index contributed by atoms with van der Waals surface area (Å²) in [5, 5.41) is 3.64. The van der Waals surface area contributed by atoms with Crippen LogP contribution in [0.5, 0.6) is 0 Å². The molecule has 78 valence electrons. The maximum Gasteiger partial charge on any atom is 0.00725 e. The van der Waals surface area contributed by atoms with E-state index in [0.717, 1.165) is 23.8 Å². The zero-order valence-electron chi connectivity index (χ0n) is 9.64. The van der Waals surface area contributed by atoms with Gasteiger partial charge in [0.2, 0.25) is 0 Å². The lowest BCUT2D eigenvalue weighted by Gasteiger charge is -2.38. The van der Waals surface area contributed by atoms with E-state index in [-0.39, 0.29) is 0 Å². The minimum Gasteiger partial charge on any atom is -0.314 e. The molecule has 1 saturated carbocycles. The summed E-state index contributed by atoms with van der Waals surface area (Å²) < 4.78 is 0. The second-order valence-electron chi connectivity index (χ2n) is 5.31. The van der Waals surface area contributed by atoms with Gasteiger partial charge < -0.3 is 5.32 Å². The number of nitrogens with one attached hydrogen (secondary N) is 1. The Balaban J connectivity index is 1.96. The van der Waals surface area contributed by atoms with Crippen LogP contribution in [-0.4, -0.2) is 12.6 Å². The van der Waals surface area contributed by atoms with Gasteiger partial charge in [0.05, 0.1) is 0 Å². The van der Waals surface area contributed by atoms with E-state index in [1.54, 1.807) is 0 Å². The van der Waals surface area contributed by atoms with Gasteiger partial charge in [0.15, 0.2) is 0 Å². The van der Waals surface area contributed by atoms with Crippen molar-refractivity contribution in [1.29, 1.82) is 0 Å². The monoisotopic (exact) mass is 183 g/mol. The third kappa shape index (κ3) is 3.68. The first-order valence-corrected chi connectivity index (χ1v) is 5.83. The van der Waals surface area contributed by atoms with Gasteiger partial charge >= 0.3 is 0 Å². The Hall–Kier alpha value is -0.0400. The summed E-state index contributed by atoms with van der Waals surface area (Å²) >= 11 is 0. The van der Waals surface area contributed by atoms with Crippen molar-refractivity contribution in [3.05, 3.63) is 0 Å². The SMILES string of the molecule is CC(C)CCNC1CC(C(C)C)C1. The highest BCUT2D eigenvalue weighted by Crippen LogP contribution is 2.33. The summed E-state index contributed by atoms with van der Waals surface area (Å²) in [5.74, 6) is 2.73. The van der Waals surface area contributed by atoms with Gasteiger partial charge in [-0.15, -0.1) is 0 Å². The molecule has 0 radical (unpaired) electrons. The average molecular weight is 183 g/mol. The number of hydrogen-bond donors (Lipinski definition) is 1. The topological polar surface area (TPSA) is 12.0 Å². The molecular formula is C12H25N. The highest BCUT2D eigenvalue weighted by atomic mass is 14.9. The first-order valence-electron chi connectivity index (χ1n) is 5.83. The van der Waals surface area contributed by atoms with E-state index in [1.807, 2.05) is 0 Å². The van der Waals surface area contributed by atoms with Gasteiger partial charge in [-0.25, -0.2) is 0 Å². The minimum atomic E-state index is 0.839. The first-order chi connectivity index (χ1) is 6.09. The third-order valence-electron chi connectivity index (χ3n) is 3.27. The number of hydrogen-bond acceptors (Lipinski definition) is 1. The van der Waals surface area contributed by atoms with E-state index >= 15 is 0 Å². The fourth-order valence-corrected chi connectivity index (χ4v) is 1.95. The average Bonchev–Trinajstić information content (AvgIpc) is 1.92. The smallest absolute Gasteiger partial charge is 0.00725 e. The summed E-state index contributed by atoms with van der Waals surface area (Å²) in [6.45, 7) is 10.5. The summed E-state index contributed by atoms with van der Waals surface area (Å²) in [7, 11) is 0. The Bertz CT molecular complexity index is 134. The summed E-state index contributed by atoms with van der Waals surface area (Å²) in [6.07, 6.45) is 4.15. The van der Waals surface area contributed by atoms with Gasteiger partial charge in [0.25, 0.3) is 0 Å². The molecule has 1 heteroatoms. The van der Waals surface area contributed by atoms with Crippen molar-refractivity contribution >= 4 is 0 Å². The van der Waals surface area contributed by atoms with E-state index < -0.39 is 0 Å². The Labute approximate surface area is 83.3 Å². The van der Waals surface area contributed by atoms with Gasteiger partial charge in [-0.3, -0.25) is 0 Å². The van der Waals surface area contributed by atoms with Crippen molar-refractivity contribution in [2.24, 2.45) is 17.8 Å². The van der Waals surface area contributed by atoms with Gasteiger partial charge in [-0.05, 0) is 43.6 Å². The molecule has 13 heavy (non-hydrogen) atoms. The second-order valence-corrected chi connectivity index (χ2v) is 5.31. The van der Waals surface area contributed by atoms with Crippen LogP contribution < -0.4 is 5.32 Å². The zero-order valence-corrected chi connectivity index (χ0v) is 9.64. The van der Waals surface area contributed by atoms with E-state index in [2.05, 4.69) is 33.0 Å². The molecule has 0 bridgehead atoms. The van der Waals surface area contributed by atoms with Crippen molar-refractivity contribution in [1.82, 2.24) is 5.32 Å².